The molecule has 1 aliphatic rings. The van der Waals surface area contributed by atoms with Gasteiger partial charge in [-0.25, -0.2) is 4.79 Å². The van der Waals surface area contributed by atoms with Gasteiger partial charge >= 0.3 is 5.97 Å². The van der Waals surface area contributed by atoms with Crippen LogP contribution in [0.3, 0.4) is 0 Å². The van der Waals surface area contributed by atoms with E-state index >= 15 is 0 Å². The number of hydrogen-bond donors (Lipinski definition) is 1. The van der Waals surface area contributed by atoms with E-state index in [1.807, 2.05) is 39.0 Å². The molecule has 1 fully saturated rings. The number of nitrogens with one attached hydrogen (secondary N) is 1. The summed E-state index contributed by atoms with van der Waals surface area (Å²) in [5, 5.41) is 5.13. The van der Waals surface area contributed by atoms with Crippen molar-refractivity contribution < 1.29 is 14.3 Å². The van der Waals surface area contributed by atoms with Crippen LogP contribution in [-0.4, -0.2) is 29.6 Å². The van der Waals surface area contributed by atoms with Crippen LogP contribution in [0.4, 0.5) is 0 Å². The summed E-state index contributed by atoms with van der Waals surface area (Å²) in [5.74, 6) is 0.00989. The third-order valence-electron chi connectivity index (χ3n) is 6.78. The topological polar surface area (TPSA) is 60.3 Å². The molecule has 1 atom stereocenters. The number of aromatic nitrogens is 1. The lowest BCUT2D eigenvalue weighted by Crippen LogP contribution is -2.49. The highest BCUT2D eigenvalue weighted by molar-refractivity contribution is 6.11. The van der Waals surface area contributed by atoms with Crippen LogP contribution in [0.2, 0.25) is 0 Å². The maximum atomic E-state index is 13.1. The fourth-order valence-electron chi connectivity index (χ4n) is 4.98. The molecule has 3 aromatic rings. The lowest BCUT2D eigenvalue weighted by Gasteiger charge is -2.29. The Bertz CT molecular complexity index is 1130. The van der Waals surface area contributed by atoms with Crippen LogP contribution in [0.25, 0.3) is 21.8 Å². The molecule has 1 N–H and O–H groups in total. The quantitative estimate of drug-likeness (QED) is 0.525. The monoisotopic (exact) mass is 434 g/mol. The van der Waals surface area contributed by atoms with E-state index in [4.69, 9.17) is 4.74 Å². The number of hydrogen-bond acceptors (Lipinski definition) is 3. The molecule has 1 aliphatic carbocycles. The Morgan fingerprint density at radius 1 is 1.03 bits per heavy atom. The summed E-state index contributed by atoms with van der Waals surface area (Å²) in [6.45, 7) is 6.76. The summed E-state index contributed by atoms with van der Waals surface area (Å²) < 4.78 is 7.35. The zero-order valence-corrected chi connectivity index (χ0v) is 19.6. The predicted octanol–water partition coefficient (Wildman–Crippen LogP) is 5.69. The van der Waals surface area contributed by atoms with E-state index in [0.717, 1.165) is 22.8 Å². The van der Waals surface area contributed by atoms with Crippen LogP contribution >= 0.6 is 0 Å². The second-order valence-corrected chi connectivity index (χ2v) is 10.2. The van der Waals surface area contributed by atoms with E-state index in [2.05, 4.69) is 34.1 Å². The van der Waals surface area contributed by atoms with Gasteiger partial charge in [0.25, 0.3) is 5.91 Å². The first-order valence-electron chi connectivity index (χ1n) is 11.7. The summed E-state index contributed by atoms with van der Waals surface area (Å²) in [6.07, 6.45) is 6.57. The minimum Gasteiger partial charge on any atom is -0.467 e. The number of carbonyl (C=O) groups excluding carboxylic acids is 2. The molecule has 1 aromatic heterocycles. The Labute approximate surface area is 190 Å². The largest absolute Gasteiger partial charge is 0.467 e. The predicted molar refractivity (Wildman–Crippen MR) is 129 cm³/mol. The van der Waals surface area contributed by atoms with Gasteiger partial charge in [0, 0.05) is 33.9 Å². The normalized spacial score (nSPS) is 16.2. The maximum Gasteiger partial charge on any atom is 0.328 e. The molecule has 0 radical (unpaired) electrons. The van der Waals surface area contributed by atoms with Crippen molar-refractivity contribution in [1.82, 2.24) is 9.88 Å². The van der Waals surface area contributed by atoms with Gasteiger partial charge in [0.2, 0.25) is 0 Å². The molecule has 1 saturated carbocycles. The minimum atomic E-state index is -0.719. The Kier molecular flexibility index (Phi) is 6.27. The van der Waals surface area contributed by atoms with Gasteiger partial charge in [-0.2, -0.15) is 0 Å². The van der Waals surface area contributed by atoms with Gasteiger partial charge in [-0.05, 0) is 48.4 Å². The number of rotatable bonds is 5. The number of carbonyl (C=O) groups is 2. The number of esters is 1. The highest BCUT2D eigenvalue weighted by Gasteiger charge is 2.34. The van der Waals surface area contributed by atoms with Crippen molar-refractivity contribution in [3.05, 3.63) is 48.0 Å². The number of benzene rings is 2. The van der Waals surface area contributed by atoms with Crippen molar-refractivity contribution in [2.24, 2.45) is 11.3 Å². The van der Waals surface area contributed by atoms with Gasteiger partial charge in [0.1, 0.15) is 6.04 Å². The lowest BCUT2D eigenvalue weighted by molar-refractivity contribution is -0.145. The number of nitrogens with zero attached hydrogens (tertiary/aromatic N) is 1. The molecule has 5 nitrogen and oxygen atoms in total. The highest BCUT2D eigenvalue weighted by Crippen LogP contribution is 2.33. The zero-order valence-electron chi connectivity index (χ0n) is 19.6. The first-order valence-corrected chi connectivity index (χ1v) is 11.7. The van der Waals surface area contributed by atoms with E-state index < -0.39 is 17.4 Å². The summed E-state index contributed by atoms with van der Waals surface area (Å²) in [7, 11) is 1.35. The number of amides is 1. The molecule has 0 spiro atoms. The van der Waals surface area contributed by atoms with E-state index in [-0.39, 0.29) is 5.91 Å². The van der Waals surface area contributed by atoms with Gasteiger partial charge in [-0.3, -0.25) is 4.79 Å². The van der Waals surface area contributed by atoms with Gasteiger partial charge < -0.3 is 14.6 Å². The van der Waals surface area contributed by atoms with Crippen molar-refractivity contribution in [2.45, 2.75) is 65.5 Å². The second-order valence-electron chi connectivity index (χ2n) is 10.2. The van der Waals surface area contributed by atoms with Gasteiger partial charge in [-0.1, -0.05) is 58.2 Å². The van der Waals surface area contributed by atoms with Crippen LogP contribution in [0.5, 0.6) is 0 Å². The molecule has 5 heteroatoms. The van der Waals surface area contributed by atoms with Gasteiger partial charge in [0.05, 0.1) is 7.11 Å². The van der Waals surface area contributed by atoms with Crippen molar-refractivity contribution in [3.63, 3.8) is 0 Å². The molecule has 4 rings (SSSR count). The first-order chi connectivity index (χ1) is 15.3. The molecule has 2 aromatic carbocycles. The van der Waals surface area contributed by atoms with Gasteiger partial charge in [0.15, 0.2) is 0 Å². The molecule has 0 unspecified atom stereocenters. The highest BCUT2D eigenvalue weighted by atomic mass is 16.5. The molecular weight excluding hydrogens is 400 g/mol. The SMILES string of the molecule is COC(=O)[C@@H](NC(=O)c1ccc2c(c1)c1ccccc1n2CC1CCCCC1)C(C)(C)C. The summed E-state index contributed by atoms with van der Waals surface area (Å²) >= 11 is 0. The molecule has 32 heavy (non-hydrogen) atoms. The van der Waals surface area contributed by atoms with Crippen LogP contribution in [0.1, 0.15) is 63.2 Å². The third kappa shape index (κ3) is 4.38. The second kappa shape index (κ2) is 8.97. The number of ether oxygens (including phenoxy) is 1. The van der Waals surface area contributed by atoms with Crippen LogP contribution in [0.15, 0.2) is 42.5 Å². The molecular formula is C27H34N2O3. The average Bonchev–Trinajstić information content (AvgIpc) is 3.10. The third-order valence-corrected chi connectivity index (χ3v) is 6.78. The van der Waals surface area contributed by atoms with E-state index in [0.29, 0.717) is 11.5 Å². The van der Waals surface area contributed by atoms with Crippen molar-refractivity contribution in [3.8, 4) is 0 Å². The van der Waals surface area contributed by atoms with E-state index in [9.17, 15) is 9.59 Å². The summed E-state index contributed by atoms with van der Waals surface area (Å²) in [5.41, 5.74) is 2.47. The van der Waals surface area contributed by atoms with Crippen LogP contribution < -0.4 is 5.32 Å². The van der Waals surface area contributed by atoms with E-state index in [1.165, 1.54) is 44.7 Å². The van der Waals surface area contributed by atoms with E-state index in [1.54, 1.807) is 0 Å². The molecule has 1 amide bonds. The molecule has 0 saturated heterocycles. The number of fused-ring (bicyclic) bond motifs is 3. The smallest absolute Gasteiger partial charge is 0.328 e. The Hall–Kier alpha value is -2.82. The standard InChI is InChI=1S/C27H34N2O3/c1-27(2,3)24(26(31)32-4)28-25(30)19-14-15-23-21(16-19)20-12-8-9-13-22(20)29(23)17-18-10-6-5-7-11-18/h8-9,12-16,18,24H,5-7,10-11,17H2,1-4H3,(H,28,30)/t24-/m1/s1. The lowest BCUT2D eigenvalue weighted by atomic mass is 9.86. The fourth-order valence-corrected chi connectivity index (χ4v) is 4.98. The summed E-state index contributed by atoms with van der Waals surface area (Å²) in [6, 6.07) is 13.6. The zero-order chi connectivity index (χ0) is 22.9. The average molecular weight is 435 g/mol. The number of methoxy groups -OCH3 is 1. The molecule has 0 bridgehead atoms. The van der Waals surface area contributed by atoms with Crippen molar-refractivity contribution in [2.75, 3.05) is 7.11 Å². The first kappa shape index (κ1) is 22.4. The fraction of sp³-hybridized carbons (Fsp3) is 0.481. The molecule has 170 valence electrons. The maximum absolute atomic E-state index is 13.1. The molecule has 0 aliphatic heterocycles. The Morgan fingerprint density at radius 2 is 1.72 bits per heavy atom. The van der Waals surface area contributed by atoms with Crippen molar-refractivity contribution in [1.29, 1.82) is 0 Å². The molecule has 1 heterocycles. The Morgan fingerprint density at radius 3 is 2.41 bits per heavy atom. The Balaban J connectivity index is 1.70. The van der Waals surface area contributed by atoms with Crippen LogP contribution in [0, 0.1) is 11.3 Å². The number of para-hydroxylation sites is 1. The van der Waals surface area contributed by atoms with Crippen molar-refractivity contribution >= 4 is 33.7 Å². The summed E-state index contributed by atoms with van der Waals surface area (Å²) in [4.78, 5) is 25.4. The minimum absolute atomic E-state index is 0.263. The van der Waals surface area contributed by atoms with Gasteiger partial charge in [-0.15, -0.1) is 0 Å². The van der Waals surface area contributed by atoms with Crippen LogP contribution in [-0.2, 0) is 16.1 Å².